The molecule has 1 heterocycles. The molecule has 2 rings (SSSR count). The van der Waals surface area contributed by atoms with E-state index in [0.29, 0.717) is 18.1 Å². The standard InChI is InChI=1S/C15H24N2O3S/c1-3-9-16-11-13-4-6-15(7-5-13)21(18,19)17(2)14-8-10-20-12-14/h4-7,14,16H,3,8-12H2,1-2H3. The molecule has 0 radical (unpaired) electrons. The molecule has 21 heavy (non-hydrogen) atoms. The third-order valence-electron chi connectivity index (χ3n) is 3.78. The Balaban J connectivity index is 2.05. The minimum atomic E-state index is -3.43. The van der Waals surface area contributed by atoms with Crippen molar-refractivity contribution in [3.63, 3.8) is 0 Å². The first kappa shape index (κ1) is 16.4. The van der Waals surface area contributed by atoms with Gasteiger partial charge in [0.2, 0.25) is 10.0 Å². The van der Waals surface area contributed by atoms with E-state index in [1.54, 1.807) is 19.2 Å². The molecule has 1 saturated heterocycles. The van der Waals surface area contributed by atoms with E-state index >= 15 is 0 Å². The second-order valence-corrected chi connectivity index (χ2v) is 7.36. The lowest BCUT2D eigenvalue weighted by molar-refractivity contribution is 0.181. The summed E-state index contributed by atoms with van der Waals surface area (Å²) in [7, 11) is -1.80. The van der Waals surface area contributed by atoms with Crippen LogP contribution >= 0.6 is 0 Å². The van der Waals surface area contributed by atoms with E-state index in [2.05, 4.69) is 12.2 Å². The van der Waals surface area contributed by atoms with Crippen LogP contribution in [0.1, 0.15) is 25.3 Å². The van der Waals surface area contributed by atoms with Gasteiger partial charge >= 0.3 is 0 Å². The average molecular weight is 312 g/mol. The molecule has 0 amide bonds. The van der Waals surface area contributed by atoms with Crippen LogP contribution in [0.15, 0.2) is 29.2 Å². The minimum absolute atomic E-state index is 0.0547. The summed E-state index contributed by atoms with van der Waals surface area (Å²) in [4.78, 5) is 0.344. The Labute approximate surface area is 127 Å². The van der Waals surface area contributed by atoms with E-state index in [9.17, 15) is 8.42 Å². The Morgan fingerprint density at radius 1 is 1.33 bits per heavy atom. The highest BCUT2D eigenvalue weighted by Crippen LogP contribution is 2.21. The Morgan fingerprint density at radius 2 is 2.05 bits per heavy atom. The number of nitrogens with one attached hydrogen (secondary N) is 1. The number of benzene rings is 1. The Kier molecular flexibility index (Phi) is 5.75. The Morgan fingerprint density at radius 3 is 2.62 bits per heavy atom. The molecular formula is C15H24N2O3S. The molecule has 0 aliphatic carbocycles. The van der Waals surface area contributed by atoms with Crippen LogP contribution in [-0.2, 0) is 21.3 Å². The van der Waals surface area contributed by atoms with Crippen molar-refractivity contribution in [1.82, 2.24) is 9.62 Å². The third kappa shape index (κ3) is 4.03. The summed E-state index contributed by atoms with van der Waals surface area (Å²) >= 11 is 0. The van der Waals surface area contributed by atoms with Crippen molar-refractivity contribution >= 4 is 10.0 Å². The third-order valence-corrected chi connectivity index (χ3v) is 5.70. The molecule has 1 aromatic rings. The van der Waals surface area contributed by atoms with Gasteiger partial charge in [-0.05, 0) is 37.1 Å². The van der Waals surface area contributed by atoms with E-state index in [-0.39, 0.29) is 6.04 Å². The molecule has 6 heteroatoms. The molecular weight excluding hydrogens is 288 g/mol. The molecule has 0 bridgehead atoms. The van der Waals surface area contributed by atoms with Crippen molar-refractivity contribution in [1.29, 1.82) is 0 Å². The van der Waals surface area contributed by atoms with E-state index in [0.717, 1.165) is 31.5 Å². The average Bonchev–Trinajstić information content (AvgIpc) is 3.01. The number of ether oxygens (including phenoxy) is 1. The first-order valence-electron chi connectivity index (χ1n) is 7.41. The number of sulfonamides is 1. The van der Waals surface area contributed by atoms with Crippen molar-refractivity contribution < 1.29 is 13.2 Å². The van der Waals surface area contributed by atoms with Crippen LogP contribution in [0.3, 0.4) is 0 Å². The van der Waals surface area contributed by atoms with Crippen LogP contribution in [0.2, 0.25) is 0 Å². The molecule has 0 aromatic heterocycles. The first-order valence-corrected chi connectivity index (χ1v) is 8.85. The SMILES string of the molecule is CCCNCc1ccc(S(=O)(=O)N(C)C2CCOC2)cc1. The van der Waals surface area contributed by atoms with E-state index in [4.69, 9.17) is 4.74 Å². The number of likely N-dealkylation sites (N-methyl/N-ethyl adjacent to an activating group) is 1. The largest absolute Gasteiger partial charge is 0.380 e. The lowest BCUT2D eigenvalue weighted by Gasteiger charge is -2.22. The maximum Gasteiger partial charge on any atom is 0.243 e. The van der Waals surface area contributed by atoms with E-state index < -0.39 is 10.0 Å². The van der Waals surface area contributed by atoms with Gasteiger partial charge in [0, 0.05) is 20.2 Å². The number of hydrogen-bond donors (Lipinski definition) is 1. The molecule has 1 aromatic carbocycles. The summed E-state index contributed by atoms with van der Waals surface area (Å²) in [6, 6.07) is 7.05. The fraction of sp³-hybridized carbons (Fsp3) is 0.600. The lowest BCUT2D eigenvalue weighted by Crippen LogP contribution is -2.37. The number of hydrogen-bond acceptors (Lipinski definition) is 4. The zero-order valence-electron chi connectivity index (χ0n) is 12.7. The van der Waals surface area contributed by atoms with E-state index in [1.165, 1.54) is 4.31 Å². The summed E-state index contributed by atoms with van der Waals surface area (Å²) in [6.45, 7) is 4.96. The van der Waals surface area contributed by atoms with Gasteiger partial charge in [-0.25, -0.2) is 8.42 Å². The van der Waals surface area contributed by atoms with Crippen molar-refractivity contribution in [3.05, 3.63) is 29.8 Å². The second-order valence-electron chi connectivity index (χ2n) is 5.36. The van der Waals surface area contributed by atoms with Crippen LogP contribution in [-0.4, -0.2) is 45.6 Å². The van der Waals surface area contributed by atoms with Crippen LogP contribution in [0.25, 0.3) is 0 Å². The van der Waals surface area contributed by atoms with Crippen molar-refractivity contribution in [2.45, 2.75) is 37.2 Å². The highest BCUT2D eigenvalue weighted by molar-refractivity contribution is 7.89. The van der Waals surface area contributed by atoms with Gasteiger partial charge in [0.1, 0.15) is 0 Å². The first-order chi connectivity index (χ1) is 10.1. The van der Waals surface area contributed by atoms with Crippen LogP contribution in [0.5, 0.6) is 0 Å². The van der Waals surface area contributed by atoms with Gasteiger partial charge in [-0.1, -0.05) is 19.1 Å². The molecule has 1 atom stereocenters. The normalized spacial score (nSPS) is 19.3. The van der Waals surface area contributed by atoms with Gasteiger partial charge in [0.25, 0.3) is 0 Å². The van der Waals surface area contributed by atoms with Gasteiger partial charge in [-0.3, -0.25) is 0 Å². The maximum absolute atomic E-state index is 12.5. The molecule has 1 aliphatic rings. The summed E-state index contributed by atoms with van der Waals surface area (Å²) in [5, 5.41) is 3.30. The summed E-state index contributed by atoms with van der Waals surface area (Å²) in [5.74, 6) is 0. The molecule has 1 aliphatic heterocycles. The van der Waals surface area contributed by atoms with Gasteiger partial charge in [-0.15, -0.1) is 0 Å². The molecule has 0 spiro atoms. The van der Waals surface area contributed by atoms with E-state index in [1.807, 2.05) is 12.1 Å². The maximum atomic E-state index is 12.5. The molecule has 118 valence electrons. The summed E-state index contributed by atoms with van der Waals surface area (Å²) < 4.78 is 31.8. The lowest BCUT2D eigenvalue weighted by atomic mass is 10.2. The zero-order chi connectivity index (χ0) is 15.3. The highest BCUT2D eigenvalue weighted by atomic mass is 32.2. The molecule has 5 nitrogen and oxygen atoms in total. The fourth-order valence-corrected chi connectivity index (χ4v) is 3.73. The predicted octanol–water partition coefficient (Wildman–Crippen LogP) is 1.60. The van der Waals surface area contributed by atoms with Crippen LogP contribution in [0, 0.1) is 0 Å². The van der Waals surface area contributed by atoms with Crippen molar-refractivity contribution in [2.75, 3.05) is 26.8 Å². The molecule has 1 N–H and O–H groups in total. The van der Waals surface area contributed by atoms with Gasteiger partial charge < -0.3 is 10.1 Å². The highest BCUT2D eigenvalue weighted by Gasteiger charge is 2.30. The van der Waals surface area contributed by atoms with Gasteiger partial charge in [-0.2, -0.15) is 4.31 Å². The van der Waals surface area contributed by atoms with Crippen molar-refractivity contribution in [2.24, 2.45) is 0 Å². The Bertz CT molecular complexity index is 537. The quantitative estimate of drug-likeness (QED) is 0.777. The van der Waals surface area contributed by atoms with Gasteiger partial charge in [0.15, 0.2) is 0 Å². The van der Waals surface area contributed by atoms with Gasteiger partial charge in [0.05, 0.1) is 17.5 Å². The molecule has 0 saturated carbocycles. The van der Waals surface area contributed by atoms with Crippen molar-refractivity contribution in [3.8, 4) is 0 Å². The minimum Gasteiger partial charge on any atom is -0.380 e. The zero-order valence-corrected chi connectivity index (χ0v) is 13.5. The monoisotopic (exact) mass is 312 g/mol. The van der Waals surface area contributed by atoms with Crippen LogP contribution < -0.4 is 5.32 Å². The Hall–Kier alpha value is -0.950. The predicted molar refractivity (Wildman–Crippen MR) is 82.6 cm³/mol. The molecule has 1 unspecified atom stereocenters. The number of nitrogens with zero attached hydrogens (tertiary/aromatic N) is 1. The summed E-state index contributed by atoms with van der Waals surface area (Å²) in [5.41, 5.74) is 1.09. The second kappa shape index (κ2) is 7.35. The summed E-state index contributed by atoms with van der Waals surface area (Å²) in [6.07, 6.45) is 1.84. The number of rotatable bonds is 7. The fourth-order valence-electron chi connectivity index (χ4n) is 2.36. The van der Waals surface area contributed by atoms with Crippen LogP contribution in [0.4, 0.5) is 0 Å². The molecule has 1 fully saturated rings. The topological polar surface area (TPSA) is 58.6 Å². The smallest absolute Gasteiger partial charge is 0.243 e.